The second kappa shape index (κ2) is 5.25. The Morgan fingerprint density at radius 1 is 1.41 bits per heavy atom. The van der Waals surface area contributed by atoms with Crippen molar-refractivity contribution in [2.45, 2.75) is 6.92 Å². The van der Waals surface area contributed by atoms with E-state index in [4.69, 9.17) is 0 Å². The second-order valence-corrected chi connectivity index (χ2v) is 3.85. The lowest BCUT2D eigenvalue weighted by atomic mass is 10.1. The molecule has 1 rings (SSSR count). The fourth-order valence-electron chi connectivity index (χ4n) is 1.17. The van der Waals surface area contributed by atoms with Crippen LogP contribution in [0.15, 0.2) is 36.0 Å². The average Bonchev–Trinajstić information content (AvgIpc) is 2.28. The SMILES string of the molecule is CC(=CC(=O)c1cccc([N+](=O)[O-])c1)N(C)C. The van der Waals surface area contributed by atoms with Gasteiger partial charge >= 0.3 is 0 Å². The molecule has 1 aromatic carbocycles. The highest BCUT2D eigenvalue weighted by Gasteiger charge is 2.10. The normalized spacial score (nSPS) is 11.1. The lowest BCUT2D eigenvalue weighted by Crippen LogP contribution is -2.10. The molecule has 1 aromatic rings. The highest BCUT2D eigenvalue weighted by atomic mass is 16.6. The summed E-state index contributed by atoms with van der Waals surface area (Å²) in [6.07, 6.45) is 1.46. The minimum atomic E-state index is -0.515. The van der Waals surface area contributed by atoms with E-state index in [2.05, 4.69) is 0 Å². The molecule has 0 spiro atoms. The molecule has 0 heterocycles. The highest BCUT2D eigenvalue weighted by Crippen LogP contribution is 2.14. The summed E-state index contributed by atoms with van der Waals surface area (Å²) in [7, 11) is 3.65. The van der Waals surface area contributed by atoms with Gasteiger partial charge in [-0.2, -0.15) is 0 Å². The zero-order valence-corrected chi connectivity index (χ0v) is 10.0. The van der Waals surface area contributed by atoms with Gasteiger partial charge < -0.3 is 4.90 Å². The first kappa shape index (κ1) is 12.9. The van der Waals surface area contributed by atoms with Crippen LogP contribution in [-0.4, -0.2) is 29.7 Å². The summed E-state index contributed by atoms with van der Waals surface area (Å²) in [6.45, 7) is 1.80. The van der Waals surface area contributed by atoms with Gasteiger partial charge in [-0.25, -0.2) is 0 Å². The maximum atomic E-state index is 11.8. The number of rotatable bonds is 4. The van der Waals surface area contributed by atoms with E-state index in [9.17, 15) is 14.9 Å². The van der Waals surface area contributed by atoms with Crippen LogP contribution >= 0.6 is 0 Å². The van der Waals surface area contributed by atoms with Gasteiger partial charge in [0.2, 0.25) is 0 Å². The summed E-state index contributed by atoms with van der Waals surface area (Å²) in [5.41, 5.74) is 1.04. The van der Waals surface area contributed by atoms with Crippen LogP contribution in [0.4, 0.5) is 5.69 Å². The molecule has 0 bridgehead atoms. The molecule has 0 N–H and O–H groups in total. The number of nitro benzene ring substituents is 1. The number of nitro groups is 1. The number of hydrogen-bond donors (Lipinski definition) is 0. The van der Waals surface area contributed by atoms with Crippen LogP contribution in [-0.2, 0) is 0 Å². The number of nitrogens with zero attached hydrogens (tertiary/aromatic N) is 2. The molecule has 0 aliphatic rings. The van der Waals surface area contributed by atoms with Crippen molar-refractivity contribution in [1.29, 1.82) is 0 Å². The van der Waals surface area contributed by atoms with Crippen LogP contribution in [0.25, 0.3) is 0 Å². The monoisotopic (exact) mass is 234 g/mol. The third-order valence-electron chi connectivity index (χ3n) is 2.39. The van der Waals surface area contributed by atoms with Gasteiger partial charge in [-0.1, -0.05) is 12.1 Å². The van der Waals surface area contributed by atoms with Crippen LogP contribution < -0.4 is 0 Å². The van der Waals surface area contributed by atoms with Crippen molar-refractivity contribution < 1.29 is 9.72 Å². The molecule has 0 radical (unpaired) electrons. The van der Waals surface area contributed by atoms with Crippen molar-refractivity contribution in [2.75, 3.05) is 14.1 Å². The number of benzene rings is 1. The minimum absolute atomic E-state index is 0.0771. The average molecular weight is 234 g/mol. The quantitative estimate of drug-likeness (QED) is 0.347. The Bertz CT molecular complexity index is 478. The van der Waals surface area contributed by atoms with E-state index < -0.39 is 4.92 Å². The van der Waals surface area contributed by atoms with Crippen molar-refractivity contribution in [2.24, 2.45) is 0 Å². The van der Waals surface area contributed by atoms with E-state index in [0.717, 1.165) is 5.70 Å². The van der Waals surface area contributed by atoms with Gasteiger partial charge in [0.05, 0.1) is 4.92 Å². The summed E-state index contributed by atoms with van der Waals surface area (Å²) in [4.78, 5) is 23.7. The number of ketones is 1. The van der Waals surface area contributed by atoms with E-state index in [-0.39, 0.29) is 11.5 Å². The number of non-ortho nitro benzene ring substituents is 1. The fraction of sp³-hybridized carbons (Fsp3) is 0.250. The first-order chi connectivity index (χ1) is 7.91. The van der Waals surface area contributed by atoms with E-state index in [0.29, 0.717) is 5.56 Å². The molecule has 0 saturated carbocycles. The zero-order valence-electron chi connectivity index (χ0n) is 10.0. The molecule has 0 atom stereocenters. The molecule has 5 heteroatoms. The van der Waals surface area contributed by atoms with Crippen LogP contribution in [0.3, 0.4) is 0 Å². The summed E-state index contributed by atoms with van der Waals surface area (Å²) >= 11 is 0. The maximum Gasteiger partial charge on any atom is 0.270 e. The van der Waals surface area contributed by atoms with Gasteiger partial charge in [0.25, 0.3) is 5.69 Å². The molecule has 0 fully saturated rings. The summed E-state index contributed by atoms with van der Waals surface area (Å²) in [5.74, 6) is -0.236. The standard InChI is InChI=1S/C12H14N2O3/c1-9(13(2)3)7-12(15)10-5-4-6-11(8-10)14(16)17/h4-8H,1-3H3. The van der Waals surface area contributed by atoms with Crippen molar-refractivity contribution in [1.82, 2.24) is 4.90 Å². The van der Waals surface area contributed by atoms with Crippen molar-refractivity contribution >= 4 is 11.5 Å². The number of allylic oxidation sites excluding steroid dienone is 2. The lowest BCUT2D eigenvalue weighted by Gasteiger charge is -2.11. The molecule has 17 heavy (non-hydrogen) atoms. The van der Waals surface area contributed by atoms with Gasteiger partial charge in [-0.05, 0) is 6.92 Å². The molecule has 0 unspecified atom stereocenters. The summed E-state index contributed by atoms with van der Waals surface area (Å²) in [5, 5.41) is 10.6. The Balaban J connectivity index is 3.01. The van der Waals surface area contributed by atoms with Crippen molar-refractivity contribution in [3.05, 3.63) is 51.7 Å². The third-order valence-corrected chi connectivity index (χ3v) is 2.39. The Morgan fingerprint density at radius 2 is 2.06 bits per heavy atom. The summed E-state index contributed by atoms with van der Waals surface area (Å²) < 4.78 is 0. The molecule has 5 nitrogen and oxygen atoms in total. The third kappa shape index (κ3) is 3.41. The maximum absolute atomic E-state index is 11.8. The molecule has 0 aliphatic heterocycles. The van der Waals surface area contributed by atoms with E-state index in [1.165, 1.54) is 24.3 Å². The number of carbonyl (C=O) groups excluding carboxylic acids is 1. The molecule has 90 valence electrons. The number of carbonyl (C=O) groups is 1. The van der Waals surface area contributed by atoms with Gasteiger partial charge in [0.1, 0.15) is 0 Å². The second-order valence-electron chi connectivity index (χ2n) is 3.85. The Kier molecular flexibility index (Phi) is 3.98. The highest BCUT2D eigenvalue weighted by molar-refractivity contribution is 6.05. The van der Waals surface area contributed by atoms with Gasteiger partial charge in [0.15, 0.2) is 5.78 Å². The van der Waals surface area contributed by atoms with Crippen molar-refractivity contribution in [3.63, 3.8) is 0 Å². The molecular weight excluding hydrogens is 220 g/mol. The molecule has 0 saturated heterocycles. The van der Waals surface area contributed by atoms with Gasteiger partial charge in [0, 0.05) is 43.6 Å². The van der Waals surface area contributed by atoms with Crippen LogP contribution in [0.1, 0.15) is 17.3 Å². The Labute approximate surface area is 99.5 Å². The van der Waals surface area contributed by atoms with E-state index in [1.54, 1.807) is 17.9 Å². The van der Waals surface area contributed by atoms with Gasteiger partial charge in [-0.3, -0.25) is 14.9 Å². The lowest BCUT2D eigenvalue weighted by molar-refractivity contribution is -0.384. The molecule has 0 aromatic heterocycles. The molecule has 0 amide bonds. The predicted octanol–water partition coefficient (Wildman–Crippen LogP) is 2.24. The Hall–Kier alpha value is -2.17. The topological polar surface area (TPSA) is 63.4 Å². The van der Waals surface area contributed by atoms with Crippen LogP contribution in [0, 0.1) is 10.1 Å². The van der Waals surface area contributed by atoms with E-state index in [1.807, 2.05) is 14.1 Å². The zero-order chi connectivity index (χ0) is 13.0. The predicted molar refractivity (Wildman–Crippen MR) is 64.9 cm³/mol. The van der Waals surface area contributed by atoms with Crippen molar-refractivity contribution in [3.8, 4) is 0 Å². The first-order valence-electron chi connectivity index (χ1n) is 5.06. The smallest absolute Gasteiger partial charge is 0.270 e. The van der Waals surface area contributed by atoms with Crippen LogP contribution in [0.2, 0.25) is 0 Å². The molecule has 0 aliphatic carbocycles. The summed E-state index contributed by atoms with van der Waals surface area (Å²) in [6, 6.07) is 5.71. The van der Waals surface area contributed by atoms with E-state index >= 15 is 0 Å². The molecular formula is C12H14N2O3. The number of hydrogen-bond acceptors (Lipinski definition) is 4. The van der Waals surface area contributed by atoms with Crippen LogP contribution in [0.5, 0.6) is 0 Å². The minimum Gasteiger partial charge on any atom is -0.381 e. The van der Waals surface area contributed by atoms with Gasteiger partial charge in [-0.15, -0.1) is 0 Å². The largest absolute Gasteiger partial charge is 0.381 e. The Morgan fingerprint density at radius 3 is 2.59 bits per heavy atom. The fourth-order valence-corrected chi connectivity index (χ4v) is 1.17. The first-order valence-corrected chi connectivity index (χ1v) is 5.06.